The highest BCUT2D eigenvalue weighted by molar-refractivity contribution is 5.73. The molecule has 1 aliphatic heterocycles. The fraction of sp³-hybridized carbons (Fsp3) is 0.389. The topological polar surface area (TPSA) is 46.8 Å². The molecule has 0 aliphatic carbocycles. The van der Waals surface area contributed by atoms with Gasteiger partial charge in [0.25, 0.3) is 0 Å². The van der Waals surface area contributed by atoms with E-state index in [1.165, 1.54) is 0 Å². The number of halogens is 2. The van der Waals surface area contributed by atoms with Gasteiger partial charge in [0, 0.05) is 44.0 Å². The van der Waals surface area contributed by atoms with Gasteiger partial charge in [-0.25, -0.2) is 23.4 Å². The van der Waals surface area contributed by atoms with Crippen molar-refractivity contribution in [3.05, 3.63) is 53.5 Å². The Bertz CT molecular complexity index is 908. The van der Waals surface area contributed by atoms with E-state index in [0.717, 1.165) is 48.9 Å². The number of rotatable bonds is 3. The van der Waals surface area contributed by atoms with Crippen molar-refractivity contribution in [3.8, 4) is 0 Å². The fourth-order valence-corrected chi connectivity index (χ4v) is 3.61. The minimum Gasteiger partial charge on any atom is -0.298 e. The largest absolute Gasteiger partial charge is 0.298 e. The van der Waals surface area contributed by atoms with Crippen LogP contribution in [0.4, 0.5) is 8.78 Å². The van der Waals surface area contributed by atoms with E-state index in [-0.39, 0.29) is 5.92 Å². The molecule has 5 nitrogen and oxygen atoms in total. The van der Waals surface area contributed by atoms with Crippen LogP contribution < -0.4 is 0 Å². The standard InChI is InChI=1S/C18H19F2N5/c1-24-18-17(21-7-8-22-18)16(23-24)13-5-3-9-25(11-13)10-12-4-2-6-14(19)15(12)20/h2,4,6-8,13H,3,5,9-11H2,1H3/t13-/m0/s1. The van der Waals surface area contributed by atoms with E-state index in [4.69, 9.17) is 0 Å². The van der Waals surface area contributed by atoms with Gasteiger partial charge in [-0.3, -0.25) is 4.90 Å². The van der Waals surface area contributed by atoms with Crippen molar-refractivity contribution < 1.29 is 8.78 Å². The van der Waals surface area contributed by atoms with Crippen LogP contribution in [0.1, 0.15) is 30.0 Å². The zero-order chi connectivity index (χ0) is 17.4. The van der Waals surface area contributed by atoms with Crippen LogP contribution >= 0.6 is 0 Å². The summed E-state index contributed by atoms with van der Waals surface area (Å²) >= 11 is 0. The molecular formula is C18H19F2N5. The number of benzene rings is 1. The first-order valence-electron chi connectivity index (χ1n) is 8.42. The minimum atomic E-state index is -0.794. The maximum absolute atomic E-state index is 14.0. The van der Waals surface area contributed by atoms with Gasteiger partial charge in [-0.1, -0.05) is 12.1 Å². The van der Waals surface area contributed by atoms with Gasteiger partial charge in [-0.05, 0) is 25.5 Å². The second kappa shape index (κ2) is 6.48. The van der Waals surface area contributed by atoms with Gasteiger partial charge in [0.05, 0.1) is 5.69 Å². The molecule has 4 rings (SSSR count). The molecule has 0 unspecified atom stereocenters. The maximum atomic E-state index is 14.0. The maximum Gasteiger partial charge on any atom is 0.176 e. The van der Waals surface area contributed by atoms with Crippen molar-refractivity contribution in [1.29, 1.82) is 0 Å². The number of aryl methyl sites for hydroxylation is 1. The Kier molecular flexibility index (Phi) is 4.17. The van der Waals surface area contributed by atoms with E-state index in [0.29, 0.717) is 12.1 Å². The summed E-state index contributed by atoms with van der Waals surface area (Å²) in [6.45, 7) is 2.01. The summed E-state index contributed by atoms with van der Waals surface area (Å²) in [6.07, 6.45) is 5.33. The van der Waals surface area contributed by atoms with Gasteiger partial charge in [0.15, 0.2) is 17.3 Å². The first kappa shape index (κ1) is 16.1. The molecule has 1 saturated heterocycles. The molecule has 3 aromatic rings. The van der Waals surface area contributed by atoms with Crippen molar-refractivity contribution in [2.75, 3.05) is 13.1 Å². The Hall–Kier alpha value is -2.41. The van der Waals surface area contributed by atoms with Crippen LogP contribution in [0.25, 0.3) is 11.2 Å². The second-order valence-corrected chi connectivity index (χ2v) is 6.52. The highest BCUT2D eigenvalue weighted by atomic mass is 19.2. The fourth-order valence-electron chi connectivity index (χ4n) is 3.61. The van der Waals surface area contributed by atoms with E-state index >= 15 is 0 Å². The highest BCUT2D eigenvalue weighted by Gasteiger charge is 2.27. The number of hydrogen-bond acceptors (Lipinski definition) is 4. The molecule has 1 atom stereocenters. The Labute approximate surface area is 144 Å². The molecule has 7 heteroatoms. The molecule has 25 heavy (non-hydrogen) atoms. The van der Waals surface area contributed by atoms with Crippen LogP contribution in [0, 0.1) is 11.6 Å². The van der Waals surface area contributed by atoms with Crippen LogP contribution in [0.3, 0.4) is 0 Å². The molecule has 0 amide bonds. The number of nitrogens with zero attached hydrogens (tertiary/aromatic N) is 5. The Balaban J connectivity index is 1.57. The molecule has 130 valence electrons. The molecule has 0 saturated carbocycles. The zero-order valence-corrected chi connectivity index (χ0v) is 14.0. The lowest BCUT2D eigenvalue weighted by atomic mass is 9.94. The van der Waals surface area contributed by atoms with Gasteiger partial charge in [0.2, 0.25) is 0 Å². The molecule has 1 aliphatic rings. The molecule has 1 fully saturated rings. The van der Waals surface area contributed by atoms with E-state index in [2.05, 4.69) is 20.0 Å². The Morgan fingerprint density at radius 3 is 2.92 bits per heavy atom. The molecule has 0 bridgehead atoms. The summed E-state index contributed by atoms with van der Waals surface area (Å²) < 4.78 is 29.1. The van der Waals surface area contributed by atoms with Gasteiger partial charge < -0.3 is 0 Å². The second-order valence-electron chi connectivity index (χ2n) is 6.52. The predicted molar refractivity (Wildman–Crippen MR) is 89.9 cm³/mol. The molecule has 3 heterocycles. The lowest BCUT2D eigenvalue weighted by Crippen LogP contribution is -2.34. The lowest BCUT2D eigenvalue weighted by molar-refractivity contribution is 0.196. The highest BCUT2D eigenvalue weighted by Crippen LogP contribution is 2.30. The van der Waals surface area contributed by atoms with Crippen LogP contribution in [0.15, 0.2) is 30.6 Å². The normalized spacial score (nSPS) is 18.8. The molecule has 0 spiro atoms. The number of hydrogen-bond donors (Lipinski definition) is 0. The first-order chi connectivity index (χ1) is 12.1. The van der Waals surface area contributed by atoms with Gasteiger partial charge >= 0.3 is 0 Å². The zero-order valence-electron chi connectivity index (χ0n) is 14.0. The van der Waals surface area contributed by atoms with Crippen LogP contribution in [0.5, 0.6) is 0 Å². The van der Waals surface area contributed by atoms with Crippen LogP contribution in [-0.4, -0.2) is 37.7 Å². The average Bonchev–Trinajstić information content (AvgIpc) is 2.97. The third-order valence-electron chi connectivity index (χ3n) is 4.80. The average molecular weight is 343 g/mol. The molecule has 2 aromatic heterocycles. The summed E-state index contributed by atoms with van der Waals surface area (Å²) in [6, 6.07) is 4.34. The van der Waals surface area contributed by atoms with Crippen molar-refractivity contribution in [3.63, 3.8) is 0 Å². The van der Waals surface area contributed by atoms with E-state index in [1.54, 1.807) is 29.2 Å². The van der Waals surface area contributed by atoms with Crippen molar-refractivity contribution in [1.82, 2.24) is 24.6 Å². The van der Waals surface area contributed by atoms with Crippen molar-refractivity contribution in [2.24, 2.45) is 7.05 Å². The predicted octanol–water partition coefficient (Wildman–Crippen LogP) is 3.02. The smallest absolute Gasteiger partial charge is 0.176 e. The number of fused-ring (bicyclic) bond motifs is 1. The number of likely N-dealkylation sites (tertiary alicyclic amines) is 1. The van der Waals surface area contributed by atoms with E-state index < -0.39 is 11.6 Å². The quantitative estimate of drug-likeness (QED) is 0.733. The minimum absolute atomic E-state index is 0.214. The molecule has 1 aromatic carbocycles. The van der Waals surface area contributed by atoms with Crippen molar-refractivity contribution >= 4 is 11.2 Å². The molecule has 0 N–H and O–H groups in total. The van der Waals surface area contributed by atoms with E-state index in [1.807, 2.05) is 7.05 Å². The third-order valence-corrected chi connectivity index (χ3v) is 4.80. The van der Waals surface area contributed by atoms with Gasteiger partial charge in [-0.15, -0.1) is 0 Å². The Morgan fingerprint density at radius 2 is 2.04 bits per heavy atom. The molecular weight excluding hydrogens is 324 g/mol. The summed E-state index contributed by atoms with van der Waals surface area (Å²) in [5.41, 5.74) is 2.93. The summed E-state index contributed by atoms with van der Waals surface area (Å²) in [5, 5.41) is 4.62. The number of aromatic nitrogens is 4. The monoisotopic (exact) mass is 343 g/mol. The SMILES string of the molecule is Cn1nc([C@H]2CCCN(Cc3cccc(F)c3F)C2)c2nccnc21. The lowest BCUT2D eigenvalue weighted by Gasteiger charge is -2.32. The Morgan fingerprint density at radius 1 is 1.20 bits per heavy atom. The van der Waals surface area contributed by atoms with Crippen LogP contribution in [-0.2, 0) is 13.6 Å². The van der Waals surface area contributed by atoms with Crippen LogP contribution in [0.2, 0.25) is 0 Å². The summed E-state index contributed by atoms with van der Waals surface area (Å²) in [4.78, 5) is 10.9. The first-order valence-corrected chi connectivity index (χ1v) is 8.42. The van der Waals surface area contributed by atoms with Gasteiger partial charge in [0.1, 0.15) is 5.52 Å². The van der Waals surface area contributed by atoms with Gasteiger partial charge in [-0.2, -0.15) is 5.10 Å². The summed E-state index contributed by atoms with van der Waals surface area (Å²) in [7, 11) is 1.86. The van der Waals surface area contributed by atoms with Crippen molar-refractivity contribution in [2.45, 2.75) is 25.3 Å². The third kappa shape index (κ3) is 3.00. The summed E-state index contributed by atoms with van der Waals surface area (Å²) in [5.74, 6) is -1.33. The van der Waals surface area contributed by atoms with E-state index in [9.17, 15) is 8.78 Å². The number of piperidine rings is 1. The molecule has 0 radical (unpaired) electrons.